The number of ketones is 1. The van der Waals surface area contributed by atoms with Crippen molar-refractivity contribution in [3.63, 3.8) is 0 Å². The van der Waals surface area contributed by atoms with Gasteiger partial charge in [-0.15, -0.1) is 0 Å². The summed E-state index contributed by atoms with van der Waals surface area (Å²) in [6, 6.07) is 3.58. The first kappa shape index (κ1) is 11.3. The van der Waals surface area contributed by atoms with Gasteiger partial charge < -0.3 is 0 Å². The predicted molar refractivity (Wildman–Crippen MR) is 68.7 cm³/mol. The van der Waals surface area contributed by atoms with Crippen LogP contribution < -0.4 is 0 Å². The van der Waals surface area contributed by atoms with Crippen molar-refractivity contribution in [1.29, 1.82) is 0 Å². The molecule has 0 aromatic carbocycles. The molecular formula is C11H10IN3O. The molecule has 5 heteroatoms. The maximum Gasteiger partial charge on any atom is 0.180 e. The third kappa shape index (κ3) is 2.29. The van der Waals surface area contributed by atoms with E-state index in [1.54, 1.807) is 23.1 Å². The third-order valence-electron chi connectivity index (χ3n) is 2.17. The van der Waals surface area contributed by atoms with Crippen molar-refractivity contribution in [2.45, 2.75) is 13.3 Å². The zero-order chi connectivity index (χ0) is 11.5. The topological polar surface area (TPSA) is 47.8 Å². The fourth-order valence-corrected chi connectivity index (χ4v) is 1.70. The van der Waals surface area contributed by atoms with Gasteiger partial charge in [-0.05, 0) is 34.7 Å². The Labute approximate surface area is 107 Å². The first-order valence-corrected chi connectivity index (χ1v) is 5.98. The number of hydrogen-bond donors (Lipinski definition) is 0. The van der Waals surface area contributed by atoms with Gasteiger partial charge in [-0.2, -0.15) is 5.10 Å². The Hall–Kier alpha value is -1.24. The van der Waals surface area contributed by atoms with Gasteiger partial charge in [-0.1, -0.05) is 6.92 Å². The Morgan fingerprint density at radius 2 is 2.25 bits per heavy atom. The van der Waals surface area contributed by atoms with Crippen molar-refractivity contribution in [3.05, 3.63) is 40.0 Å². The first-order valence-electron chi connectivity index (χ1n) is 4.90. The fraction of sp³-hybridized carbons (Fsp3) is 0.182. The molecule has 16 heavy (non-hydrogen) atoms. The Morgan fingerprint density at radius 1 is 1.44 bits per heavy atom. The highest BCUT2D eigenvalue weighted by molar-refractivity contribution is 14.1. The molecule has 82 valence electrons. The molecule has 2 aromatic rings. The van der Waals surface area contributed by atoms with Crippen molar-refractivity contribution >= 4 is 28.4 Å². The molecule has 0 aliphatic heterocycles. The molecule has 2 heterocycles. The van der Waals surface area contributed by atoms with Crippen LogP contribution in [-0.2, 0) is 0 Å². The average Bonchev–Trinajstić information content (AvgIpc) is 2.75. The van der Waals surface area contributed by atoms with Crippen LogP contribution in [0.15, 0.2) is 30.7 Å². The lowest BCUT2D eigenvalue weighted by molar-refractivity contribution is 0.0983. The molecule has 0 bridgehead atoms. The van der Waals surface area contributed by atoms with Crippen LogP contribution in [0, 0.1) is 3.57 Å². The molecule has 0 fully saturated rings. The zero-order valence-electron chi connectivity index (χ0n) is 8.72. The van der Waals surface area contributed by atoms with Crippen LogP contribution >= 0.6 is 22.6 Å². The van der Waals surface area contributed by atoms with Crippen molar-refractivity contribution in [2.24, 2.45) is 0 Å². The van der Waals surface area contributed by atoms with Crippen LogP contribution in [-0.4, -0.2) is 20.5 Å². The SMILES string of the molecule is CCC(=O)c1ccc(-n2cc(I)cn2)cn1. The van der Waals surface area contributed by atoms with Gasteiger partial charge in [0.2, 0.25) is 0 Å². The molecule has 0 spiro atoms. The number of halogens is 1. The number of carbonyl (C=O) groups is 1. The molecule has 0 saturated heterocycles. The van der Waals surface area contributed by atoms with E-state index >= 15 is 0 Å². The van der Waals surface area contributed by atoms with Gasteiger partial charge in [-0.25, -0.2) is 4.68 Å². The lowest BCUT2D eigenvalue weighted by atomic mass is 10.2. The van der Waals surface area contributed by atoms with Crippen molar-refractivity contribution < 1.29 is 4.79 Å². The summed E-state index contributed by atoms with van der Waals surface area (Å²) in [5, 5.41) is 4.16. The lowest BCUT2D eigenvalue weighted by Crippen LogP contribution is -2.02. The lowest BCUT2D eigenvalue weighted by Gasteiger charge is -2.01. The molecule has 0 atom stereocenters. The number of nitrogens with zero attached hydrogens (tertiary/aromatic N) is 3. The number of pyridine rings is 1. The van der Waals surface area contributed by atoms with Crippen molar-refractivity contribution in [3.8, 4) is 5.69 Å². The van der Waals surface area contributed by atoms with Gasteiger partial charge in [0.1, 0.15) is 5.69 Å². The van der Waals surface area contributed by atoms with Gasteiger partial charge in [0.25, 0.3) is 0 Å². The highest BCUT2D eigenvalue weighted by Crippen LogP contribution is 2.10. The van der Waals surface area contributed by atoms with Gasteiger partial charge in [0.05, 0.1) is 21.7 Å². The van der Waals surface area contributed by atoms with E-state index < -0.39 is 0 Å². The molecule has 0 amide bonds. The number of carbonyl (C=O) groups excluding carboxylic acids is 1. The normalized spacial score (nSPS) is 10.4. The van der Waals surface area contributed by atoms with Crippen LogP contribution in [0.4, 0.5) is 0 Å². The van der Waals surface area contributed by atoms with Crippen molar-refractivity contribution in [1.82, 2.24) is 14.8 Å². The van der Waals surface area contributed by atoms with Crippen molar-refractivity contribution in [2.75, 3.05) is 0 Å². The minimum atomic E-state index is 0.0570. The second-order valence-corrected chi connectivity index (χ2v) is 4.53. The summed E-state index contributed by atoms with van der Waals surface area (Å²) >= 11 is 2.19. The molecule has 0 aliphatic rings. The molecule has 2 rings (SSSR count). The molecule has 0 saturated carbocycles. The summed E-state index contributed by atoms with van der Waals surface area (Å²) in [6.45, 7) is 1.83. The van der Waals surface area contributed by atoms with Gasteiger partial charge in [0.15, 0.2) is 5.78 Å². The maximum absolute atomic E-state index is 11.4. The summed E-state index contributed by atoms with van der Waals surface area (Å²) in [5.41, 5.74) is 1.36. The van der Waals surface area contributed by atoms with E-state index in [4.69, 9.17) is 0 Å². The largest absolute Gasteiger partial charge is 0.292 e. The van der Waals surface area contributed by atoms with E-state index in [0.717, 1.165) is 9.26 Å². The summed E-state index contributed by atoms with van der Waals surface area (Å²) in [6.07, 6.45) is 5.81. The van der Waals surface area contributed by atoms with E-state index in [9.17, 15) is 4.79 Å². The van der Waals surface area contributed by atoms with E-state index in [1.165, 1.54) is 0 Å². The molecule has 2 aromatic heterocycles. The van der Waals surface area contributed by atoms with E-state index in [1.807, 2.05) is 19.2 Å². The Kier molecular flexibility index (Phi) is 3.33. The monoisotopic (exact) mass is 327 g/mol. The van der Waals surface area contributed by atoms with E-state index in [0.29, 0.717) is 12.1 Å². The summed E-state index contributed by atoms with van der Waals surface area (Å²) < 4.78 is 2.79. The summed E-state index contributed by atoms with van der Waals surface area (Å²) in [4.78, 5) is 15.5. The maximum atomic E-state index is 11.4. The fourth-order valence-electron chi connectivity index (χ4n) is 1.31. The number of hydrogen-bond acceptors (Lipinski definition) is 3. The summed E-state index contributed by atoms with van der Waals surface area (Å²) in [5.74, 6) is 0.0570. The first-order chi connectivity index (χ1) is 7.70. The second kappa shape index (κ2) is 4.73. The van der Waals surface area contributed by atoms with Crippen LogP contribution in [0.25, 0.3) is 5.69 Å². The van der Waals surface area contributed by atoms with Gasteiger partial charge in [-0.3, -0.25) is 9.78 Å². The number of aromatic nitrogens is 3. The third-order valence-corrected chi connectivity index (χ3v) is 2.73. The van der Waals surface area contributed by atoms with Crippen LogP contribution in [0.5, 0.6) is 0 Å². The highest BCUT2D eigenvalue weighted by Gasteiger charge is 2.05. The highest BCUT2D eigenvalue weighted by atomic mass is 127. The quantitative estimate of drug-likeness (QED) is 0.643. The number of rotatable bonds is 3. The molecule has 0 radical (unpaired) electrons. The van der Waals surface area contributed by atoms with Crippen LogP contribution in [0.2, 0.25) is 0 Å². The molecule has 0 unspecified atom stereocenters. The molecule has 0 aliphatic carbocycles. The Bertz CT molecular complexity index is 504. The minimum absolute atomic E-state index is 0.0570. The molecular weight excluding hydrogens is 317 g/mol. The summed E-state index contributed by atoms with van der Waals surface area (Å²) in [7, 11) is 0. The van der Waals surface area contributed by atoms with E-state index in [2.05, 4.69) is 32.7 Å². The van der Waals surface area contributed by atoms with Crippen LogP contribution in [0.3, 0.4) is 0 Å². The second-order valence-electron chi connectivity index (χ2n) is 3.28. The predicted octanol–water partition coefficient (Wildman–Crippen LogP) is 2.46. The van der Waals surface area contributed by atoms with Crippen LogP contribution in [0.1, 0.15) is 23.8 Å². The standard InChI is InChI=1S/C11H10IN3O/c1-2-11(16)10-4-3-9(6-13-10)15-7-8(12)5-14-15/h3-7H,2H2,1H3. The Morgan fingerprint density at radius 3 is 2.75 bits per heavy atom. The van der Waals surface area contributed by atoms with E-state index in [-0.39, 0.29) is 5.78 Å². The van der Waals surface area contributed by atoms with Gasteiger partial charge in [0, 0.05) is 12.6 Å². The number of Topliss-reactive ketones (excluding diaryl/α,β-unsaturated/α-hetero) is 1. The smallest absolute Gasteiger partial charge is 0.180 e. The van der Waals surface area contributed by atoms with Gasteiger partial charge >= 0.3 is 0 Å². The molecule has 0 N–H and O–H groups in total. The molecule has 4 nitrogen and oxygen atoms in total. The zero-order valence-corrected chi connectivity index (χ0v) is 10.9. The average molecular weight is 327 g/mol. The minimum Gasteiger partial charge on any atom is -0.292 e. The Balaban J connectivity index is 2.29.